The number of fused-ring (bicyclic) bond motifs is 3. The number of aromatic carboxylic acids is 1. The Kier molecular flexibility index (Phi) is 13.1. The molecule has 0 atom stereocenters. The average molecular weight is 858 g/mol. The first-order valence-corrected chi connectivity index (χ1v) is 20.7. The zero-order valence-corrected chi connectivity index (χ0v) is 35.7. The molecule has 0 saturated carbocycles. The van der Waals surface area contributed by atoms with Crippen LogP contribution in [0.1, 0.15) is 57.5 Å². The quantitative estimate of drug-likeness (QED) is 0.0603. The number of unbranched alkanes of at least 4 members (excludes halogenated alkanes) is 2. The van der Waals surface area contributed by atoms with Crippen LogP contribution >= 0.6 is 11.6 Å². The first kappa shape index (κ1) is 43.2. The fraction of sp³-hybridized carbons (Fsp3) is 0.250. The van der Waals surface area contributed by atoms with Gasteiger partial charge in [0.1, 0.15) is 37.8 Å². The van der Waals surface area contributed by atoms with Crippen LogP contribution in [-0.4, -0.2) is 88.9 Å². The van der Waals surface area contributed by atoms with Crippen LogP contribution in [0.2, 0.25) is 5.02 Å². The number of anilines is 2. The van der Waals surface area contributed by atoms with Crippen LogP contribution in [-0.2, 0) is 9.59 Å². The number of carboxylic acid groups (broad SMARTS) is 1. The van der Waals surface area contributed by atoms with Crippen LogP contribution in [0.4, 0.5) is 15.8 Å². The van der Waals surface area contributed by atoms with E-state index in [1.54, 1.807) is 42.5 Å². The van der Waals surface area contributed by atoms with Gasteiger partial charge in [0.25, 0.3) is 5.91 Å². The molecule has 14 heteroatoms. The van der Waals surface area contributed by atoms with Crippen LogP contribution in [0.5, 0.6) is 0 Å². The molecule has 4 aromatic rings. The first-order valence-electron chi connectivity index (χ1n) is 20.3. The zero-order chi connectivity index (χ0) is 44.1. The van der Waals surface area contributed by atoms with E-state index >= 15 is 0 Å². The summed E-state index contributed by atoms with van der Waals surface area (Å²) < 4.78 is 23.2. The van der Waals surface area contributed by atoms with Gasteiger partial charge in [-0.15, -0.1) is 0 Å². The fourth-order valence-electron chi connectivity index (χ4n) is 7.59. The number of nitrogens with zero attached hydrogens (tertiary/aromatic N) is 4. The lowest BCUT2D eigenvalue weighted by Gasteiger charge is -2.23. The number of benzodiazepines with no additional fused rings is 1. The Labute approximate surface area is 363 Å². The van der Waals surface area contributed by atoms with E-state index in [0.717, 1.165) is 11.0 Å². The van der Waals surface area contributed by atoms with Crippen molar-refractivity contribution in [2.75, 3.05) is 64.2 Å². The minimum absolute atomic E-state index is 0.0534. The summed E-state index contributed by atoms with van der Waals surface area (Å²) >= 11 is 6.32. The lowest BCUT2D eigenvalue weighted by Crippen LogP contribution is -2.39. The summed E-state index contributed by atoms with van der Waals surface area (Å²) in [6, 6.07) is 27.4. The van der Waals surface area contributed by atoms with Crippen LogP contribution in [0.15, 0.2) is 106 Å². The van der Waals surface area contributed by atoms with E-state index < -0.39 is 11.8 Å². The van der Waals surface area contributed by atoms with Crippen LogP contribution in [0.3, 0.4) is 0 Å². The number of amides is 3. The molecule has 318 valence electrons. The summed E-state index contributed by atoms with van der Waals surface area (Å²) in [5.41, 5.74) is 5.26. The molecule has 3 N–H and O–H groups in total. The number of carbonyl (C=O) groups is 4. The molecule has 0 bridgehead atoms. The van der Waals surface area contributed by atoms with Crippen molar-refractivity contribution in [3.05, 3.63) is 136 Å². The number of nitrogens with one attached hydrogen (secondary N) is 2. The van der Waals surface area contributed by atoms with Gasteiger partial charge >= 0.3 is 5.97 Å². The molecule has 0 spiro atoms. The molecule has 0 fully saturated rings. The molecule has 0 radical (unpaired) electrons. The Morgan fingerprint density at radius 1 is 0.871 bits per heavy atom. The molecule has 2 aliphatic heterocycles. The molecule has 62 heavy (non-hydrogen) atoms. The maximum atomic E-state index is 14.8. The van der Waals surface area contributed by atoms with Crippen molar-refractivity contribution in [2.45, 2.75) is 25.7 Å². The number of aliphatic imine (C=N–C) groups is 1. The Hall–Kier alpha value is -6.86. The van der Waals surface area contributed by atoms with Gasteiger partial charge in [0.15, 0.2) is 0 Å². The molecule has 1 aliphatic carbocycles. The average Bonchev–Trinajstić information content (AvgIpc) is 3.38. The minimum Gasteiger partial charge on any atom is -0.478 e. The van der Waals surface area contributed by atoms with Gasteiger partial charge in [0.05, 0.1) is 23.0 Å². The lowest BCUT2D eigenvalue weighted by molar-refractivity contribution is -0.121. The molecule has 2 heterocycles. The monoisotopic (exact) mass is 857 g/mol. The summed E-state index contributed by atoms with van der Waals surface area (Å²) in [5, 5.41) is 18.2. The zero-order valence-electron chi connectivity index (χ0n) is 34.9. The predicted molar refractivity (Wildman–Crippen MR) is 241 cm³/mol. The van der Waals surface area contributed by atoms with E-state index in [0.29, 0.717) is 86.8 Å². The maximum absolute atomic E-state index is 14.8. The van der Waals surface area contributed by atoms with Gasteiger partial charge in [-0.05, 0) is 85.1 Å². The molecule has 0 unspecified atom stereocenters. The first-order chi connectivity index (χ1) is 29.8. The third kappa shape index (κ3) is 9.37. The number of carboxylic acids is 1. The predicted octanol–water partition coefficient (Wildman–Crippen LogP) is 7.08. The van der Waals surface area contributed by atoms with Crippen molar-refractivity contribution in [1.29, 1.82) is 0 Å². The standard InChI is InChI=1S/C48H46ClFN6O6/c1-54(2)31-15-18-35-41(26-31)62-42-27-32(55(3)4)16-19-36(42)45(35)37-24-29(13-17-33(37)48(60)61)47(59)52-21-9-5-6-12-43(57)51-22-23-56-40-20-14-30(49)25-38(40)46(53-28-44(56)58)34-10-7-8-11-39(34)50/h7-8,10-11,13-20,24-27H,5-6,9,12,21-23,28H2,1-4H3,(H2-,51,52,57,59,60,61)/p+1. The van der Waals surface area contributed by atoms with Gasteiger partial charge < -0.3 is 30.0 Å². The van der Waals surface area contributed by atoms with Crippen molar-refractivity contribution < 1.29 is 33.1 Å². The Morgan fingerprint density at radius 3 is 2.44 bits per heavy atom. The van der Waals surface area contributed by atoms with Crippen LogP contribution < -0.4 is 30.4 Å². The normalized spacial score (nSPS) is 12.5. The minimum atomic E-state index is -1.12. The van der Waals surface area contributed by atoms with Gasteiger partial charge in [-0.3, -0.25) is 19.4 Å². The van der Waals surface area contributed by atoms with Gasteiger partial charge in [-0.2, -0.15) is 0 Å². The number of hydrogen-bond acceptors (Lipinski definition) is 7. The van der Waals surface area contributed by atoms with Crippen LogP contribution in [0.25, 0.3) is 33.4 Å². The highest BCUT2D eigenvalue weighted by atomic mass is 35.5. The second-order valence-corrected chi connectivity index (χ2v) is 15.9. The summed E-state index contributed by atoms with van der Waals surface area (Å²) in [7, 11) is 7.72. The number of carbonyl (C=O) groups excluding carboxylic acids is 3. The van der Waals surface area contributed by atoms with E-state index in [1.165, 1.54) is 23.1 Å². The van der Waals surface area contributed by atoms with Crippen molar-refractivity contribution in [1.82, 2.24) is 15.2 Å². The van der Waals surface area contributed by atoms with E-state index in [1.807, 2.05) is 74.1 Å². The topological polar surface area (TPSA) is 148 Å². The molecule has 0 aromatic heterocycles. The highest BCUT2D eigenvalue weighted by Crippen LogP contribution is 2.42. The Bertz CT molecular complexity index is 2800. The van der Waals surface area contributed by atoms with Crippen LogP contribution in [0, 0.1) is 5.82 Å². The Balaban J connectivity index is 0.961. The smallest absolute Gasteiger partial charge is 0.336 e. The van der Waals surface area contributed by atoms with Crippen molar-refractivity contribution in [3.8, 4) is 22.5 Å². The molecule has 0 saturated heterocycles. The van der Waals surface area contributed by atoms with Crippen molar-refractivity contribution >= 4 is 63.3 Å². The van der Waals surface area contributed by atoms with Gasteiger partial charge in [0, 0.05) is 96.2 Å². The summed E-state index contributed by atoms with van der Waals surface area (Å²) in [4.78, 5) is 60.1. The Morgan fingerprint density at radius 2 is 1.68 bits per heavy atom. The molecule has 7 rings (SSSR count). The summed E-state index contributed by atoms with van der Waals surface area (Å²) in [5.74, 6) is -1.82. The number of hydrogen-bond donors (Lipinski definition) is 3. The molecule has 3 amide bonds. The fourth-order valence-corrected chi connectivity index (χ4v) is 7.77. The number of halogens is 2. The molecule has 12 nitrogen and oxygen atoms in total. The largest absolute Gasteiger partial charge is 0.478 e. The molecular formula is C48H47ClFN6O6+. The SMILES string of the molecule is CN(C)c1ccc2c(-c3cc(C(=O)NCCCCCC(=O)NCCN4C(=O)CN=C(c5ccccc5F)c5cc(Cl)ccc54)ccc3C(=O)O)c3ccc(=[N+](C)C)cc-3oc2c1. The second-order valence-electron chi connectivity index (χ2n) is 15.5. The molecule has 4 aromatic carbocycles. The lowest BCUT2D eigenvalue weighted by atomic mass is 9.89. The van der Waals surface area contributed by atoms with Gasteiger partial charge in [-0.1, -0.05) is 30.2 Å². The van der Waals surface area contributed by atoms with Crippen molar-refractivity contribution in [3.63, 3.8) is 0 Å². The maximum Gasteiger partial charge on any atom is 0.336 e. The third-order valence-corrected chi connectivity index (χ3v) is 11.1. The van der Waals surface area contributed by atoms with E-state index in [-0.39, 0.29) is 54.9 Å². The highest BCUT2D eigenvalue weighted by Gasteiger charge is 2.27. The summed E-state index contributed by atoms with van der Waals surface area (Å²) in [6.07, 6.45) is 2.11. The third-order valence-electron chi connectivity index (χ3n) is 10.8. The summed E-state index contributed by atoms with van der Waals surface area (Å²) in [6.45, 7) is 0.535. The van der Waals surface area contributed by atoms with Gasteiger partial charge in [0.2, 0.25) is 17.2 Å². The van der Waals surface area contributed by atoms with Gasteiger partial charge in [-0.25, -0.2) is 13.8 Å². The number of rotatable bonds is 14. The molecular weight excluding hydrogens is 811 g/mol. The van der Waals surface area contributed by atoms with E-state index in [4.69, 9.17) is 16.0 Å². The molecule has 3 aliphatic rings. The second kappa shape index (κ2) is 18.8. The number of benzene rings is 5. The van der Waals surface area contributed by atoms with E-state index in [9.17, 15) is 28.7 Å². The highest BCUT2D eigenvalue weighted by molar-refractivity contribution is 6.32. The van der Waals surface area contributed by atoms with E-state index in [2.05, 4.69) is 15.6 Å². The van der Waals surface area contributed by atoms with Crippen molar-refractivity contribution in [2.24, 2.45) is 4.99 Å².